The van der Waals surface area contributed by atoms with Gasteiger partial charge in [0.25, 0.3) is 0 Å². The third kappa shape index (κ3) is 3.87. The normalized spacial score (nSPS) is 19.8. The molecule has 18 heavy (non-hydrogen) atoms. The lowest BCUT2D eigenvalue weighted by molar-refractivity contribution is 0.497. The summed E-state index contributed by atoms with van der Waals surface area (Å²) in [6.07, 6.45) is 12.9. The minimum Gasteiger partial charge on any atom is -0.261 e. The van der Waals surface area contributed by atoms with Crippen LogP contribution in [0, 0.1) is 5.92 Å². The molecule has 1 aromatic rings. The Morgan fingerprint density at radius 2 is 2.17 bits per heavy atom. The largest absolute Gasteiger partial charge is 0.261 e. The first-order chi connectivity index (χ1) is 8.77. The van der Waals surface area contributed by atoms with Gasteiger partial charge in [-0.1, -0.05) is 25.7 Å². The fraction of sp³-hybridized carbons (Fsp3) is 0.714. The van der Waals surface area contributed by atoms with Crippen molar-refractivity contribution in [2.75, 3.05) is 5.75 Å². The molecule has 4 heteroatoms. The zero-order valence-electron chi connectivity index (χ0n) is 11.0. The van der Waals surface area contributed by atoms with Crippen LogP contribution >= 0.6 is 0 Å². The van der Waals surface area contributed by atoms with Gasteiger partial charge in [-0.2, -0.15) is 0 Å². The van der Waals surface area contributed by atoms with E-state index in [0.717, 1.165) is 23.8 Å². The average Bonchev–Trinajstić information content (AvgIpc) is 2.92. The smallest absolute Gasteiger partial charge is 0.0756 e. The van der Waals surface area contributed by atoms with Crippen molar-refractivity contribution in [2.24, 2.45) is 5.92 Å². The van der Waals surface area contributed by atoms with Gasteiger partial charge in [0, 0.05) is 35.1 Å². The molecule has 1 heterocycles. The van der Waals surface area contributed by atoms with Gasteiger partial charge in [-0.15, -0.1) is 0 Å². The van der Waals surface area contributed by atoms with Gasteiger partial charge in [0.15, 0.2) is 0 Å². The van der Waals surface area contributed by atoms with E-state index in [2.05, 4.69) is 9.97 Å². The van der Waals surface area contributed by atoms with Crippen LogP contribution < -0.4 is 0 Å². The third-order valence-corrected chi connectivity index (χ3v) is 5.55. The van der Waals surface area contributed by atoms with E-state index >= 15 is 0 Å². The lowest BCUT2D eigenvalue weighted by Crippen LogP contribution is -2.09. The topological polar surface area (TPSA) is 42.9 Å². The molecule has 2 atom stereocenters. The molecule has 0 radical (unpaired) electrons. The van der Waals surface area contributed by atoms with E-state index in [1.54, 1.807) is 18.6 Å². The van der Waals surface area contributed by atoms with E-state index in [9.17, 15) is 4.21 Å². The summed E-state index contributed by atoms with van der Waals surface area (Å²) in [5, 5.41) is 0.00211. The van der Waals surface area contributed by atoms with E-state index in [-0.39, 0.29) is 5.25 Å². The van der Waals surface area contributed by atoms with Crippen molar-refractivity contribution < 1.29 is 4.21 Å². The lowest BCUT2D eigenvalue weighted by Gasteiger charge is -2.12. The molecular weight excluding hydrogens is 244 g/mol. The fourth-order valence-corrected chi connectivity index (χ4v) is 3.84. The van der Waals surface area contributed by atoms with Gasteiger partial charge in [0.2, 0.25) is 0 Å². The molecule has 3 nitrogen and oxygen atoms in total. The van der Waals surface area contributed by atoms with Gasteiger partial charge in [-0.25, -0.2) is 0 Å². The van der Waals surface area contributed by atoms with E-state index < -0.39 is 10.8 Å². The molecule has 2 unspecified atom stereocenters. The second-order valence-corrected chi connectivity index (χ2v) is 7.03. The van der Waals surface area contributed by atoms with Crippen LogP contribution in [-0.4, -0.2) is 19.9 Å². The Balaban J connectivity index is 1.74. The molecule has 1 aliphatic carbocycles. The Kier molecular flexibility index (Phi) is 5.29. The van der Waals surface area contributed by atoms with Crippen molar-refractivity contribution >= 4 is 10.8 Å². The predicted molar refractivity (Wildman–Crippen MR) is 74.6 cm³/mol. The number of nitrogens with zero attached hydrogens (tertiary/aromatic N) is 2. The van der Waals surface area contributed by atoms with Gasteiger partial charge in [-0.05, 0) is 25.7 Å². The molecule has 0 amide bonds. The average molecular weight is 266 g/mol. The van der Waals surface area contributed by atoms with Crippen LogP contribution in [0.15, 0.2) is 18.6 Å². The van der Waals surface area contributed by atoms with Crippen molar-refractivity contribution in [3.8, 4) is 0 Å². The summed E-state index contributed by atoms with van der Waals surface area (Å²) >= 11 is 0. The highest BCUT2D eigenvalue weighted by Gasteiger charge is 2.17. The molecule has 1 aromatic heterocycles. The summed E-state index contributed by atoms with van der Waals surface area (Å²) in [6, 6.07) is 0. The molecule has 2 rings (SSSR count). The summed E-state index contributed by atoms with van der Waals surface area (Å²) in [5.41, 5.74) is 0.844. The Labute approximate surface area is 112 Å². The van der Waals surface area contributed by atoms with Gasteiger partial charge >= 0.3 is 0 Å². The van der Waals surface area contributed by atoms with Crippen LogP contribution in [0.3, 0.4) is 0 Å². The molecule has 0 saturated heterocycles. The molecule has 0 spiro atoms. The summed E-state index contributed by atoms with van der Waals surface area (Å²) < 4.78 is 12.2. The van der Waals surface area contributed by atoms with Gasteiger partial charge < -0.3 is 0 Å². The number of rotatable bonds is 6. The van der Waals surface area contributed by atoms with Crippen LogP contribution in [0.4, 0.5) is 0 Å². The molecule has 0 bridgehead atoms. The van der Waals surface area contributed by atoms with Gasteiger partial charge in [-0.3, -0.25) is 14.2 Å². The van der Waals surface area contributed by atoms with E-state index in [4.69, 9.17) is 0 Å². The molecule has 1 aliphatic rings. The molecule has 1 saturated carbocycles. The highest BCUT2D eigenvalue weighted by atomic mass is 32.2. The number of hydrogen-bond acceptors (Lipinski definition) is 3. The molecule has 0 aromatic carbocycles. The van der Waals surface area contributed by atoms with Crippen LogP contribution in [0.25, 0.3) is 0 Å². The Morgan fingerprint density at radius 3 is 2.83 bits per heavy atom. The second kappa shape index (κ2) is 6.98. The molecule has 0 N–H and O–H groups in total. The van der Waals surface area contributed by atoms with E-state index in [1.807, 2.05) is 6.92 Å². The van der Waals surface area contributed by atoms with Crippen LogP contribution in [0.5, 0.6) is 0 Å². The Bertz CT molecular complexity index is 377. The SMILES string of the molecule is CC(c1cnccn1)S(=O)CCCC1CCCC1. The molecule has 100 valence electrons. The molecule has 1 fully saturated rings. The number of aromatic nitrogens is 2. The number of hydrogen-bond donors (Lipinski definition) is 0. The van der Waals surface area contributed by atoms with Gasteiger partial charge in [0.1, 0.15) is 0 Å². The molecule has 0 aliphatic heterocycles. The highest BCUT2D eigenvalue weighted by molar-refractivity contribution is 7.85. The van der Waals surface area contributed by atoms with Crippen LogP contribution in [-0.2, 0) is 10.8 Å². The quantitative estimate of drug-likeness (QED) is 0.793. The first-order valence-corrected chi connectivity index (χ1v) is 8.28. The Morgan fingerprint density at radius 1 is 1.39 bits per heavy atom. The van der Waals surface area contributed by atoms with Crippen LogP contribution in [0.2, 0.25) is 0 Å². The van der Waals surface area contributed by atoms with Crippen LogP contribution in [0.1, 0.15) is 56.4 Å². The van der Waals surface area contributed by atoms with Gasteiger partial charge in [0.05, 0.1) is 10.9 Å². The van der Waals surface area contributed by atoms with Crippen molar-refractivity contribution in [1.29, 1.82) is 0 Å². The Hall–Kier alpha value is -0.770. The third-order valence-electron chi connectivity index (χ3n) is 3.83. The zero-order chi connectivity index (χ0) is 12.8. The highest BCUT2D eigenvalue weighted by Crippen LogP contribution is 2.29. The van der Waals surface area contributed by atoms with Crippen molar-refractivity contribution in [2.45, 2.75) is 50.7 Å². The minimum atomic E-state index is -0.818. The summed E-state index contributed by atoms with van der Waals surface area (Å²) in [7, 11) is -0.818. The monoisotopic (exact) mass is 266 g/mol. The summed E-state index contributed by atoms with van der Waals surface area (Å²) in [4.78, 5) is 8.26. The first-order valence-electron chi connectivity index (χ1n) is 6.90. The van der Waals surface area contributed by atoms with E-state index in [0.29, 0.717) is 0 Å². The van der Waals surface area contributed by atoms with Crippen molar-refractivity contribution in [1.82, 2.24) is 9.97 Å². The fourth-order valence-electron chi connectivity index (χ4n) is 2.65. The maximum atomic E-state index is 12.2. The first kappa shape index (κ1) is 13.7. The maximum absolute atomic E-state index is 12.2. The maximum Gasteiger partial charge on any atom is 0.0756 e. The standard InChI is InChI=1S/C14H22N2OS/c1-12(14-11-15-8-9-16-14)18(17)10-4-7-13-5-2-3-6-13/h8-9,11-13H,2-7,10H2,1H3. The zero-order valence-corrected chi connectivity index (χ0v) is 11.9. The predicted octanol–water partition coefficient (Wildman–Crippen LogP) is 3.26. The van der Waals surface area contributed by atoms with Crippen molar-refractivity contribution in [3.63, 3.8) is 0 Å². The van der Waals surface area contributed by atoms with Crippen molar-refractivity contribution in [3.05, 3.63) is 24.3 Å². The lowest BCUT2D eigenvalue weighted by atomic mass is 10.0. The summed E-state index contributed by atoms with van der Waals surface area (Å²) in [5.74, 6) is 1.70. The minimum absolute atomic E-state index is 0.00211. The molecular formula is C14H22N2OS. The second-order valence-electron chi connectivity index (χ2n) is 5.15. The van der Waals surface area contributed by atoms with E-state index in [1.165, 1.54) is 32.1 Å². The summed E-state index contributed by atoms with van der Waals surface area (Å²) in [6.45, 7) is 1.98.